The Kier molecular flexibility index (Phi) is 5.68. The van der Waals surface area contributed by atoms with E-state index in [0.717, 1.165) is 37.4 Å². The Labute approximate surface area is 192 Å². The zero-order chi connectivity index (χ0) is 21.4. The van der Waals surface area contributed by atoms with Crippen molar-refractivity contribution in [3.63, 3.8) is 0 Å². The number of nitrogens with zero attached hydrogens (tertiary/aromatic N) is 2. The van der Waals surface area contributed by atoms with Gasteiger partial charge in [-0.25, -0.2) is 4.99 Å². The lowest BCUT2D eigenvalue weighted by molar-refractivity contribution is 0.394. The van der Waals surface area contributed by atoms with E-state index in [4.69, 9.17) is 4.99 Å². The van der Waals surface area contributed by atoms with Crippen LogP contribution < -0.4 is 5.32 Å². The summed E-state index contributed by atoms with van der Waals surface area (Å²) in [4.78, 5) is 7.85. The molecule has 1 unspecified atom stereocenters. The Balaban J connectivity index is 1.60. The SMILES string of the molecule is BN1CP[C@@H]2Nc3c(N=C(c4ccccc4)c4ccccc4)cccc3[C@@H]2SC1(C)C. The predicted octanol–water partition coefficient (Wildman–Crippen LogP) is 5.62. The second-order valence-electron chi connectivity index (χ2n) is 8.60. The molecule has 0 saturated carbocycles. The van der Waals surface area contributed by atoms with Crippen molar-refractivity contribution in [1.29, 1.82) is 0 Å². The molecule has 1 fully saturated rings. The Morgan fingerprint density at radius 1 is 1.00 bits per heavy atom. The normalized spacial score (nSPS) is 22.8. The van der Waals surface area contributed by atoms with Crippen molar-refractivity contribution in [3.8, 4) is 0 Å². The molecule has 3 atom stereocenters. The molecule has 3 aromatic carbocycles. The van der Waals surface area contributed by atoms with Gasteiger partial charge in [-0.15, -0.1) is 11.8 Å². The molecule has 156 valence electrons. The van der Waals surface area contributed by atoms with Gasteiger partial charge in [0.1, 0.15) is 0 Å². The smallest absolute Gasteiger partial charge is 0.187 e. The summed E-state index contributed by atoms with van der Waals surface area (Å²) >= 11 is 2.07. The number of aliphatic imine (C=N–C) groups is 1. The summed E-state index contributed by atoms with van der Waals surface area (Å²) in [6, 6.07) is 27.6. The molecule has 2 heterocycles. The molecular formula is C25H27BN3PS. The van der Waals surface area contributed by atoms with Crippen LogP contribution in [0.2, 0.25) is 0 Å². The van der Waals surface area contributed by atoms with Gasteiger partial charge in [0.15, 0.2) is 7.98 Å². The number of hydrogen-bond acceptors (Lipinski definition) is 4. The van der Waals surface area contributed by atoms with Crippen LogP contribution in [0.4, 0.5) is 11.4 Å². The lowest BCUT2D eigenvalue weighted by Gasteiger charge is -2.34. The van der Waals surface area contributed by atoms with Crippen LogP contribution in [0, 0.1) is 0 Å². The van der Waals surface area contributed by atoms with Crippen LogP contribution >= 0.6 is 20.3 Å². The van der Waals surface area contributed by atoms with E-state index in [1.807, 2.05) is 0 Å². The predicted molar refractivity (Wildman–Crippen MR) is 140 cm³/mol. The van der Waals surface area contributed by atoms with Crippen LogP contribution in [0.25, 0.3) is 0 Å². The number of hydrogen-bond donors (Lipinski definition) is 1. The Morgan fingerprint density at radius 2 is 1.65 bits per heavy atom. The summed E-state index contributed by atoms with van der Waals surface area (Å²) in [7, 11) is 3.10. The number of para-hydroxylation sites is 1. The van der Waals surface area contributed by atoms with Crippen LogP contribution in [-0.4, -0.2) is 35.4 Å². The minimum Gasteiger partial charge on any atom is -0.375 e. The quantitative estimate of drug-likeness (QED) is 0.324. The maximum atomic E-state index is 5.24. The number of fused-ring (bicyclic) bond motifs is 3. The van der Waals surface area contributed by atoms with Crippen LogP contribution in [0.5, 0.6) is 0 Å². The lowest BCUT2D eigenvalue weighted by Crippen LogP contribution is -2.38. The van der Waals surface area contributed by atoms with Crippen molar-refractivity contribution >= 4 is 45.4 Å². The molecule has 2 aliphatic rings. The van der Waals surface area contributed by atoms with E-state index in [-0.39, 0.29) is 4.87 Å². The monoisotopic (exact) mass is 443 g/mol. The van der Waals surface area contributed by atoms with Crippen molar-refractivity contribution in [2.24, 2.45) is 4.99 Å². The third-order valence-electron chi connectivity index (χ3n) is 6.19. The largest absolute Gasteiger partial charge is 0.375 e. The minimum absolute atomic E-state index is 0.119. The maximum absolute atomic E-state index is 5.24. The van der Waals surface area contributed by atoms with Crippen LogP contribution in [0.3, 0.4) is 0 Å². The molecule has 1 saturated heterocycles. The van der Waals surface area contributed by atoms with Gasteiger partial charge in [-0.1, -0.05) is 81.4 Å². The van der Waals surface area contributed by atoms with Crippen molar-refractivity contribution in [2.75, 3.05) is 11.6 Å². The lowest BCUT2D eigenvalue weighted by atomic mass is 10.0. The molecule has 3 nitrogen and oxygen atoms in total. The van der Waals surface area contributed by atoms with Crippen LogP contribution in [0.1, 0.15) is 35.8 Å². The number of benzene rings is 3. The van der Waals surface area contributed by atoms with E-state index in [9.17, 15) is 0 Å². The summed E-state index contributed by atoms with van der Waals surface area (Å²) in [5, 5.41) is 4.33. The van der Waals surface area contributed by atoms with Gasteiger partial charge in [-0.3, -0.25) is 0 Å². The van der Waals surface area contributed by atoms with Crippen molar-refractivity contribution < 1.29 is 0 Å². The first-order valence-corrected chi connectivity index (χ1v) is 12.9. The molecule has 0 aromatic heterocycles. The van der Waals surface area contributed by atoms with Gasteiger partial charge in [0.05, 0.1) is 33.0 Å². The molecule has 1 N–H and O–H groups in total. The molecule has 0 radical (unpaired) electrons. The third kappa shape index (κ3) is 4.07. The zero-order valence-electron chi connectivity index (χ0n) is 18.2. The molecule has 2 aliphatic heterocycles. The first-order chi connectivity index (χ1) is 15.0. The Bertz CT molecular complexity index is 1060. The molecule has 0 bridgehead atoms. The van der Waals surface area contributed by atoms with Gasteiger partial charge >= 0.3 is 0 Å². The molecule has 5 rings (SSSR count). The minimum atomic E-state index is 0.119. The highest BCUT2D eigenvalue weighted by molar-refractivity contribution is 8.01. The van der Waals surface area contributed by atoms with Gasteiger partial charge < -0.3 is 10.1 Å². The average molecular weight is 443 g/mol. The first kappa shape index (κ1) is 20.8. The maximum Gasteiger partial charge on any atom is 0.187 e. The molecular weight excluding hydrogens is 416 g/mol. The molecule has 0 spiro atoms. The van der Waals surface area contributed by atoms with Gasteiger partial charge in [-0.2, -0.15) is 0 Å². The van der Waals surface area contributed by atoms with Crippen LogP contribution in [-0.2, 0) is 0 Å². The summed E-state index contributed by atoms with van der Waals surface area (Å²) in [5.41, 5.74) is 6.92. The number of nitrogens with one attached hydrogen (secondary N) is 1. The first-order valence-electron chi connectivity index (χ1n) is 10.7. The van der Waals surface area contributed by atoms with Gasteiger partial charge in [-0.05, 0) is 25.5 Å². The van der Waals surface area contributed by atoms with E-state index in [1.54, 1.807) is 0 Å². The summed E-state index contributed by atoms with van der Waals surface area (Å²) in [5.74, 6) is 0.470. The summed E-state index contributed by atoms with van der Waals surface area (Å²) < 4.78 is 0. The van der Waals surface area contributed by atoms with Crippen molar-refractivity contribution in [2.45, 2.75) is 29.8 Å². The molecule has 31 heavy (non-hydrogen) atoms. The second-order valence-corrected chi connectivity index (χ2v) is 11.7. The fourth-order valence-electron chi connectivity index (χ4n) is 4.18. The number of thioether (sulfide) groups is 1. The highest BCUT2D eigenvalue weighted by atomic mass is 32.2. The molecule has 6 heteroatoms. The standard InChI is InChI=1S/C25H27BN3PS/c1-25(2)29(26)16-30-24-23(31-25)19-14-9-15-20(22(19)28-24)27-21(17-10-5-3-6-11-17)18-12-7-4-8-13-18/h3-15,23-24,28,30H,16,26H2,1-2H3/t23-,24-/m0/s1. The van der Waals surface area contributed by atoms with Gasteiger partial charge in [0.25, 0.3) is 0 Å². The van der Waals surface area contributed by atoms with E-state index >= 15 is 0 Å². The fourth-order valence-corrected chi connectivity index (χ4v) is 7.69. The van der Waals surface area contributed by atoms with E-state index < -0.39 is 0 Å². The summed E-state index contributed by atoms with van der Waals surface area (Å²) in [6.07, 6.45) is 1.13. The van der Waals surface area contributed by atoms with E-state index in [0.29, 0.717) is 11.0 Å². The highest BCUT2D eigenvalue weighted by Gasteiger charge is 2.41. The highest BCUT2D eigenvalue weighted by Crippen LogP contribution is 2.57. The van der Waals surface area contributed by atoms with Crippen LogP contribution in [0.15, 0.2) is 83.9 Å². The van der Waals surface area contributed by atoms with E-state index in [1.165, 1.54) is 11.3 Å². The Hall–Kier alpha value is -2.07. The number of rotatable bonds is 3. The van der Waals surface area contributed by atoms with Gasteiger partial charge in [0.2, 0.25) is 0 Å². The summed E-state index contributed by atoms with van der Waals surface area (Å²) in [6.45, 7) is 4.68. The topological polar surface area (TPSA) is 27.6 Å². The number of anilines is 1. The van der Waals surface area contributed by atoms with Gasteiger partial charge in [0, 0.05) is 17.4 Å². The average Bonchev–Trinajstić information content (AvgIpc) is 3.09. The molecule has 0 aliphatic carbocycles. The van der Waals surface area contributed by atoms with Crippen molar-refractivity contribution in [1.82, 2.24) is 4.81 Å². The van der Waals surface area contributed by atoms with E-state index in [2.05, 4.69) is 123 Å². The molecule has 3 aromatic rings. The second kappa shape index (κ2) is 8.46. The fraction of sp³-hybridized carbons (Fsp3) is 0.240. The Morgan fingerprint density at radius 3 is 2.29 bits per heavy atom. The van der Waals surface area contributed by atoms with Crippen molar-refractivity contribution in [3.05, 3.63) is 95.6 Å². The zero-order valence-corrected chi connectivity index (χ0v) is 20.0. The molecule has 0 amide bonds. The third-order valence-corrected chi connectivity index (χ3v) is 9.68.